The highest BCUT2D eigenvalue weighted by molar-refractivity contribution is 5.96. The van der Waals surface area contributed by atoms with E-state index in [1.165, 1.54) is 0 Å². The molecule has 2 aromatic heterocycles. The zero-order valence-corrected chi connectivity index (χ0v) is 12.4. The maximum Gasteiger partial charge on any atom is 0.255 e. The molecule has 1 amide bonds. The van der Waals surface area contributed by atoms with Crippen LogP contribution in [0.25, 0.3) is 5.82 Å². The Morgan fingerprint density at radius 1 is 1.38 bits per heavy atom. The van der Waals surface area contributed by atoms with Crippen molar-refractivity contribution in [3.05, 3.63) is 47.4 Å². The third kappa shape index (κ3) is 2.45. The zero-order chi connectivity index (χ0) is 15.0. The van der Waals surface area contributed by atoms with Crippen LogP contribution in [0.1, 0.15) is 28.2 Å². The molecule has 0 radical (unpaired) electrons. The van der Waals surface area contributed by atoms with Gasteiger partial charge in [0.25, 0.3) is 5.91 Å². The van der Waals surface area contributed by atoms with Gasteiger partial charge >= 0.3 is 0 Å². The predicted molar refractivity (Wildman–Crippen MR) is 81.5 cm³/mol. The standard InChI is InChI=1S/C16H20N4O/c1-11-9-14(16(21)19-8-6-13(17)10-19)12(2)20(11)15-5-3-4-7-18-15/h3-5,7,9,13H,6,8,10,17H2,1-2H3/t13-/m1/s1. The molecule has 1 aliphatic heterocycles. The number of pyridine rings is 1. The first-order valence-corrected chi connectivity index (χ1v) is 7.23. The molecule has 0 unspecified atom stereocenters. The molecule has 2 aromatic rings. The number of carbonyl (C=O) groups excluding carboxylic acids is 1. The van der Waals surface area contributed by atoms with E-state index in [0.29, 0.717) is 6.54 Å². The summed E-state index contributed by atoms with van der Waals surface area (Å²) >= 11 is 0. The van der Waals surface area contributed by atoms with E-state index in [2.05, 4.69) is 4.98 Å². The summed E-state index contributed by atoms with van der Waals surface area (Å²) in [6.45, 7) is 5.35. The van der Waals surface area contributed by atoms with E-state index in [0.717, 1.165) is 35.7 Å². The van der Waals surface area contributed by atoms with Crippen molar-refractivity contribution in [2.75, 3.05) is 13.1 Å². The Balaban J connectivity index is 1.97. The minimum Gasteiger partial charge on any atom is -0.337 e. The van der Waals surface area contributed by atoms with Crippen LogP contribution in [0.3, 0.4) is 0 Å². The molecule has 1 atom stereocenters. The summed E-state index contributed by atoms with van der Waals surface area (Å²) in [6.07, 6.45) is 2.64. The molecule has 0 saturated carbocycles. The van der Waals surface area contributed by atoms with Crippen molar-refractivity contribution < 1.29 is 4.79 Å². The summed E-state index contributed by atoms with van der Waals surface area (Å²) in [5, 5.41) is 0. The van der Waals surface area contributed by atoms with Gasteiger partial charge in [-0.15, -0.1) is 0 Å². The van der Waals surface area contributed by atoms with Crippen LogP contribution in [-0.2, 0) is 0 Å². The van der Waals surface area contributed by atoms with Gasteiger partial charge in [-0.25, -0.2) is 4.98 Å². The van der Waals surface area contributed by atoms with Crippen molar-refractivity contribution in [2.45, 2.75) is 26.3 Å². The quantitative estimate of drug-likeness (QED) is 0.912. The first kappa shape index (κ1) is 13.8. The lowest BCUT2D eigenvalue weighted by molar-refractivity contribution is 0.0790. The molecule has 0 aliphatic carbocycles. The molecule has 3 heterocycles. The molecule has 0 aromatic carbocycles. The lowest BCUT2D eigenvalue weighted by Gasteiger charge is -2.16. The molecule has 21 heavy (non-hydrogen) atoms. The van der Waals surface area contributed by atoms with E-state index in [1.807, 2.05) is 47.6 Å². The first-order valence-electron chi connectivity index (χ1n) is 7.23. The molecular formula is C16H20N4O. The van der Waals surface area contributed by atoms with Crippen LogP contribution in [0.4, 0.5) is 0 Å². The number of likely N-dealkylation sites (tertiary alicyclic amines) is 1. The van der Waals surface area contributed by atoms with E-state index in [4.69, 9.17) is 5.73 Å². The Kier molecular flexibility index (Phi) is 3.51. The van der Waals surface area contributed by atoms with Crippen LogP contribution in [0.15, 0.2) is 30.5 Å². The number of rotatable bonds is 2. The van der Waals surface area contributed by atoms with Crippen molar-refractivity contribution in [3.63, 3.8) is 0 Å². The molecule has 0 spiro atoms. The second kappa shape index (κ2) is 5.33. The SMILES string of the molecule is Cc1cc(C(=O)N2CC[C@@H](N)C2)c(C)n1-c1ccccn1. The van der Waals surface area contributed by atoms with Crippen molar-refractivity contribution in [2.24, 2.45) is 5.73 Å². The van der Waals surface area contributed by atoms with Gasteiger partial charge in [-0.1, -0.05) is 6.07 Å². The number of hydrogen-bond donors (Lipinski definition) is 1. The van der Waals surface area contributed by atoms with E-state index in [-0.39, 0.29) is 11.9 Å². The molecule has 1 fully saturated rings. The molecular weight excluding hydrogens is 264 g/mol. The van der Waals surface area contributed by atoms with Crippen molar-refractivity contribution >= 4 is 5.91 Å². The van der Waals surface area contributed by atoms with Crippen LogP contribution in [0, 0.1) is 13.8 Å². The fourth-order valence-corrected chi connectivity index (χ4v) is 2.96. The second-order valence-electron chi connectivity index (χ2n) is 5.61. The van der Waals surface area contributed by atoms with Crippen LogP contribution < -0.4 is 5.73 Å². The van der Waals surface area contributed by atoms with Gasteiger partial charge in [0.05, 0.1) is 5.56 Å². The van der Waals surface area contributed by atoms with Gasteiger partial charge in [0, 0.05) is 36.7 Å². The molecule has 5 heteroatoms. The number of amides is 1. The maximum atomic E-state index is 12.6. The first-order chi connectivity index (χ1) is 10.1. The van der Waals surface area contributed by atoms with Gasteiger partial charge < -0.3 is 15.2 Å². The monoisotopic (exact) mass is 284 g/mol. The van der Waals surface area contributed by atoms with Crippen molar-refractivity contribution in [3.8, 4) is 5.82 Å². The summed E-state index contributed by atoms with van der Waals surface area (Å²) < 4.78 is 2.02. The third-order valence-corrected chi connectivity index (χ3v) is 4.05. The molecule has 3 rings (SSSR count). The highest BCUT2D eigenvalue weighted by atomic mass is 16.2. The number of nitrogens with zero attached hydrogens (tertiary/aromatic N) is 3. The minimum absolute atomic E-state index is 0.0678. The second-order valence-corrected chi connectivity index (χ2v) is 5.61. The molecule has 2 N–H and O–H groups in total. The Labute approximate surface area is 124 Å². The van der Waals surface area contributed by atoms with Crippen molar-refractivity contribution in [1.29, 1.82) is 0 Å². The van der Waals surface area contributed by atoms with Gasteiger partial charge in [-0.2, -0.15) is 0 Å². The van der Waals surface area contributed by atoms with Gasteiger partial charge in [0.2, 0.25) is 0 Å². The minimum atomic E-state index is 0.0678. The fraction of sp³-hybridized carbons (Fsp3) is 0.375. The van der Waals surface area contributed by atoms with Crippen LogP contribution in [0.5, 0.6) is 0 Å². The normalized spacial score (nSPS) is 18.2. The van der Waals surface area contributed by atoms with Crippen LogP contribution >= 0.6 is 0 Å². The van der Waals surface area contributed by atoms with Crippen LogP contribution in [-0.4, -0.2) is 39.5 Å². The maximum absolute atomic E-state index is 12.6. The van der Waals surface area contributed by atoms with E-state index < -0.39 is 0 Å². The fourth-order valence-electron chi connectivity index (χ4n) is 2.96. The van der Waals surface area contributed by atoms with E-state index in [1.54, 1.807) is 6.20 Å². The third-order valence-electron chi connectivity index (χ3n) is 4.05. The highest BCUT2D eigenvalue weighted by Gasteiger charge is 2.27. The van der Waals surface area contributed by atoms with Gasteiger partial charge in [-0.3, -0.25) is 4.79 Å². The number of aromatic nitrogens is 2. The summed E-state index contributed by atoms with van der Waals surface area (Å²) in [5.41, 5.74) is 8.58. The Morgan fingerprint density at radius 3 is 2.81 bits per heavy atom. The number of hydrogen-bond acceptors (Lipinski definition) is 3. The highest BCUT2D eigenvalue weighted by Crippen LogP contribution is 2.22. The topological polar surface area (TPSA) is 64.2 Å². The summed E-state index contributed by atoms with van der Waals surface area (Å²) in [5.74, 6) is 0.905. The average molecular weight is 284 g/mol. The van der Waals surface area contributed by atoms with E-state index in [9.17, 15) is 4.79 Å². The summed E-state index contributed by atoms with van der Waals surface area (Å²) in [7, 11) is 0. The Morgan fingerprint density at radius 2 is 2.19 bits per heavy atom. The largest absolute Gasteiger partial charge is 0.337 e. The molecule has 1 saturated heterocycles. The average Bonchev–Trinajstić information content (AvgIpc) is 3.03. The summed E-state index contributed by atoms with van der Waals surface area (Å²) in [6, 6.07) is 7.82. The summed E-state index contributed by atoms with van der Waals surface area (Å²) in [4.78, 5) is 18.9. The van der Waals surface area contributed by atoms with Gasteiger partial charge in [0.1, 0.15) is 5.82 Å². The lowest BCUT2D eigenvalue weighted by atomic mass is 10.2. The smallest absolute Gasteiger partial charge is 0.255 e. The number of aryl methyl sites for hydroxylation is 1. The molecule has 110 valence electrons. The van der Waals surface area contributed by atoms with Crippen LogP contribution in [0.2, 0.25) is 0 Å². The van der Waals surface area contributed by atoms with Gasteiger partial charge in [-0.05, 0) is 38.5 Å². The molecule has 1 aliphatic rings. The zero-order valence-electron chi connectivity index (χ0n) is 12.4. The molecule has 0 bridgehead atoms. The Hall–Kier alpha value is -2.14. The Bertz CT molecular complexity index is 662. The molecule has 5 nitrogen and oxygen atoms in total. The van der Waals surface area contributed by atoms with Gasteiger partial charge in [0.15, 0.2) is 0 Å². The van der Waals surface area contributed by atoms with E-state index >= 15 is 0 Å². The number of nitrogens with two attached hydrogens (primary N) is 1. The number of carbonyl (C=O) groups is 1. The predicted octanol–water partition coefficient (Wildman–Crippen LogP) is 1.66. The van der Waals surface area contributed by atoms with Crippen molar-refractivity contribution in [1.82, 2.24) is 14.5 Å². The lowest BCUT2D eigenvalue weighted by Crippen LogP contribution is -2.32.